The van der Waals surface area contributed by atoms with Gasteiger partial charge in [-0.2, -0.15) is 0 Å². The maximum absolute atomic E-state index is 12.6. The highest BCUT2D eigenvalue weighted by molar-refractivity contribution is 7.89. The van der Waals surface area contributed by atoms with Gasteiger partial charge in [0.15, 0.2) is 0 Å². The fraction of sp³-hybridized carbons (Fsp3) is 0.625. The number of sulfonamides is 1. The van der Waals surface area contributed by atoms with E-state index in [0.29, 0.717) is 18.0 Å². The molecule has 1 fully saturated rings. The summed E-state index contributed by atoms with van der Waals surface area (Å²) in [6, 6.07) is 5.37. The van der Waals surface area contributed by atoms with Crippen LogP contribution < -0.4 is 10.5 Å². The van der Waals surface area contributed by atoms with Gasteiger partial charge in [-0.1, -0.05) is 38.3 Å². The van der Waals surface area contributed by atoms with Gasteiger partial charge in [-0.05, 0) is 42.4 Å². The third-order valence-electron chi connectivity index (χ3n) is 4.53. The normalized spacial score (nSPS) is 18.6. The third kappa shape index (κ3) is 4.05. The van der Waals surface area contributed by atoms with Crippen LogP contribution in [0.3, 0.4) is 0 Å². The molecule has 5 heteroatoms. The number of nitrogens with two attached hydrogens (primary N) is 1. The highest BCUT2D eigenvalue weighted by Crippen LogP contribution is 2.35. The van der Waals surface area contributed by atoms with E-state index < -0.39 is 10.0 Å². The monoisotopic (exact) mass is 310 g/mol. The van der Waals surface area contributed by atoms with Gasteiger partial charge in [-0.25, -0.2) is 13.1 Å². The van der Waals surface area contributed by atoms with Gasteiger partial charge in [0.05, 0.1) is 4.90 Å². The van der Waals surface area contributed by atoms with E-state index in [9.17, 15) is 8.42 Å². The van der Waals surface area contributed by atoms with Crippen molar-refractivity contribution in [2.45, 2.75) is 57.4 Å². The molecular weight excluding hydrogens is 284 g/mol. The van der Waals surface area contributed by atoms with Gasteiger partial charge >= 0.3 is 0 Å². The van der Waals surface area contributed by atoms with Crippen LogP contribution in [-0.2, 0) is 16.6 Å². The first-order valence-electron chi connectivity index (χ1n) is 7.66. The summed E-state index contributed by atoms with van der Waals surface area (Å²) in [5, 5.41) is 0. The maximum Gasteiger partial charge on any atom is 0.240 e. The summed E-state index contributed by atoms with van der Waals surface area (Å²) in [6.45, 7) is 4.86. The first-order chi connectivity index (χ1) is 9.86. The maximum atomic E-state index is 12.6. The zero-order chi connectivity index (χ0) is 15.5. The van der Waals surface area contributed by atoms with E-state index in [2.05, 4.69) is 11.6 Å². The first-order valence-corrected chi connectivity index (χ1v) is 9.14. The lowest BCUT2D eigenvalue weighted by Gasteiger charge is -2.33. The van der Waals surface area contributed by atoms with Gasteiger partial charge in [0.1, 0.15) is 0 Å². The van der Waals surface area contributed by atoms with Crippen molar-refractivity contribution in [2.24, 2.45) is 11.1 Å². The van der Waals surface area contributed by atoms with E-state index >= 15 is 0 Å². The molecule has 21 heavy (non-hydrogen) atoms. The average molecular weight is 310 g/mol. The Morgan fingerprint density at radius 2 is 1.90 bits per heavy atom. The summed E-state index contributed by atoms with van der Waals surface area (Å²) in [4.78, 5) is 0.352. The molecule has 4 nitrogen and oxygen atoms in total. The molecule has 1 aromatic carbocycles. The second-order valence-corrected chi connectivity index (χ2v) is 8.24. The SMILES string of the molecule is Cc1ccc(CN)cc1S(=O)(=O)NCC1(C)CCCCC1. The van der Waals surface area contributed by atoms with Crippen LogP contribution in [0.1, 0.15) is 50.2 Å². The van der Waals surface area contributed by atoms with E-state index in [-0.39, 0.29) is 5.41 Å². The fourth-order valence-electron chi connectivity index (χ4n) is 2.99. The number of benzene rings is 1. The Morgan fingerprint density at radius 3 is 2.52 bits per heavy atom. The van der Waals surface area contributed by atoms with Gasteiger partial charge in [-0.15, -0.1) is 0 Å². The zero-order valence-electron chi connectivity index (χ0n) is 13.0. The predicted octanol–water partition coefficient (Wildman–Crippen LogP) is 2.70. The highest BCUT2D eigenvalue weighted by atomic mass is 32.2. The lowest BCUT2D eigenvalue weighted by atomic mass is 9.76. The van der Waals surface area contributed by atoms with Crippen molar-refractivity contribution in [2.75, 3.05) is 6.54 Å². The number of aryl methyl sites for hydroxylation is 1. The lowest BCUT2D eigenvalue weighted by molar-refractivity contribution is 0.219. The Morgan fingerprint density at radius 1 is 1.24 bits per heavy atom. The van der Waals surface area contributed by atoms with E-state index in [0.717, 1.165) is 24.0 Å². The van der Waals surface area contributed by atoms with E-state index in [1.165, 1.54) is 19.3 Å². The summed E-state index contributed by atoms with van der Waals surface area (Å²) < 4.78 is 27.9. The molecule has 0 radical (unpaired) electrons. The van der Waals surface area contributed by atoms with Crippen LogP contribution in [-0.4, -0.2) is 15.0 Å². The van der Waals surface area contributed by atoms with E-state index in [1.54, 1.807) is 6.07 Å². The Labute approximate surface area is 128 Å². The quantitative estimate of drug-likeness (QED) is 0.878. The van der Waals surface area contributed by atoms with Gasteiger partial charge in [-0.3, -0.25) is 0 Å². The highest BCUT2D eigenvalue weighted by Gasteiger charge is 2.29. The molecule has 0 atom stereocenters. The third-order valence-corrected chi connectivity index (χ3v) is 6.07. The molecule has 118 valence electrons. The molecule has 0 spiro atoms. The average Bonchev–Trinajstić information content (AvgIpc) is 2.47. The molecule has 3 N–H and O–H groups in total. The van der Waals surface area contributed by atoms with E-state index in [1.807, 2.05) is 19.1 Å². The Kier molecular flexibility index (Phi) is 5.07. The minimum atomic E-state index is -3.47. The van der Waals surface area contributed by atoms with Crippen molar-refractivity contribution in [1.29, 1.82) is 0 Å². The molecule has 0 aliphatic heterocycles. The minimum absolute atomic E-state index is 0.0880. The molecule has 0 aromatic heterocycles. The molecule has 1 aliphatic rings. The molecule has 2 rings (SSSR count). The van der Waals surface area contributed by atoms with Gasteiger partial charge in [0.2, 0.25) is 10.0 Å². The van der Waals surface area contributed by atoms with Crippen molar-refractivity contribution >= 4 is 10.0 Å². The molecule has 0 saturated heterocycles. The number of hydrogen-bond donors (Lipinski definition) is 2. The molecule has 1 aromatic rings. The minimum Gasteiger partial charge on any atom is -0.326 e. The van der Waals surface area contributed by atoms with Gasteiger partial charge < -0.3 is 5.73 Å². The molecule has 0 amide bonds. The molecule has 0 unspecified atom stereocenters. The van der Waals surface area contributed by atoms with Crippen LogP contribution in [0.5, 0.6) is 0 Å². The Hall–Kier alpha value is -0.910. The lowest BCUT2D eigenvalue weighted by Crippen LogP contribution is -2.37. The molecule has 1 saturated carbocycles. The van der Waals surface area contributed by atoms with Crippen LogP contribution in [0.25, 0.3) is 0 Å². The first kappa shape index (κ1) is 16.5. The zero-order valence-corrected chi connectivity index (χ0v) is 13.8. The summed E-state index contributed by atoms with van der Waals surface area (Å²) in [6.07, 6.45) is 5.84. The molecular formula is C16H26N2O2S. The van der Waals surface area contributed by atoms with Crippen molar-refractivity contribution in [3.63, 3.8) is 0 Å². The number of rotatable bonds is 5. The van der Waals surface area contributed by atoms with Crippen molar-refractivity contribution < 1.29 is 8.42 Å². The molecule has 1 aliphatic carbocycles. The summed E-state index contributed by atoms with van der Waals surface area (Å²) in [7, 11) is -3.47. The van der Waals surface area contributed by atoms with Crippen LogP contribution in [0, 0.1) is 12.3 Å². The largest absolute Gasteiger partial charge is 0.326 e. The number of nitrogens with one attached hydrogen (secondary N) is 1. The Bertz CT molecular complexity index is 590. The fourth-order valence-corrected chi connectivity index (χ4v) is 4.48. The van der Waals surface area contributed by atoms with Gasteiger partial charge in [0.25, 0.3) is 0 Å². The van der Waals surface area contributed by atoms with Crippen LogP contribution in [0.2, 0.25) is 0 Å². The van der Waals surface area contributed by atoms with Crippen molar-refractivity contribution in [3.8, 4) is 0 Å². The second-order valence-electron chi connectivity index (χ2n) is 6.50. The Balaban J connectivity index is 2.15. The second kappa shape index (κ2) is 6.46. The van der Waals surface area contributed by atoms with E-state index in [4.69, 9.17) is 5.73 Å². The summed E-state index contributed by atoms with van der Waals surface area (Å²) in [5.74, 6) is 0. The standard InChI is InChI=1S/C16H26N2O2S/c1-13-6-7-14(11-17)10-15(13)21(19,20)18-12-16(2)8-4-3-5-9-16/h6-7,10,18H,3-5,8-9,11-12,17H2,1-2H3. The van der Waals surface area contributed by atoms with Crippen LogP contribution >= 0.6 is 0 Å². The summed E-state index contributed by atoms with van der Waals surface area (Å²) in [5.41, 5.74) is 7.29. The topological polar surface area (TPSA) is 72.2 Å². The smallest absolute Gasteiger partial charge is 0.240 e. The molecule has 0 bridgehead atoms. The molecule has 0 heterocycles. The van der Waals surface area contributed by atoms with Crippen molar-refractivity contribution in [1.82, 2.24) is 4.72 Å². The van der Waals surface area contributed by atoms with Gasteiger partial charge in [0, 0.05) is 13.1 Å². The number of hydrogen-bond acceptors (Lipinski definition) is 3. The van der Waals surface area contributed by atoms with Crippen LogP contribution in [0.15, 0.2) is 23.1 Å². The summed E-state index contributed by atoms with van der Waals surface area (Å²) >= 11 is 0. The van der Waals surface area contributed by atoms with Crippen LogP contribution in [0.4, 0.5) is 0 Å². The van der Waals surface area contributed by atoms with Crippen molar-refractivity contribution in [3.05, 3.63) is 29.3 Å². The predicted molar refractivity (Wildman–Crippen MR) is 85.5 cm³/mol.